The zero-order valence-electron chi connectivity index (χ0n) is 12.6. The summed E-state index contributed by atoms with van der Waals surface area (Å²) in [6, 6.07) is 8.96. The molecule has 3 aliphatic rings. The summed E-state index contributed by atoms with van der Waals surface area (Å²) in [5, 5.41) is 3.67. The molecule has 0 bridgehead atoms. The Hall–Kier alpha value is -1.35. The van der Waals surface area contributed by atoms with Crippen molar-refractivity contribution >= 4 is 11.6 Å². The standard InChI is InChI=1S/C18H24N2O/c21-18(20-12-11-14-6-2-4-8-17(14)20)16-10-9-13-5-1-3-7-15(13)19-16/h2,4,6,8,13,15-16,19H,1,3,5,7,9-12H2. The highest BCUT2D eigenvalue weighted by atomic mass is 16.2. The lowest BCUT2D eigenvalue weighted by Gasteiger charge is -2.40. The van der Waals surface area contributed by atoms with Gasteiger partial charge in [-0.25, -0.2) is 0 Å². The predicted molar refractivity (Wildman–Crippen MR) is 84.4 cm³/mol. The normalized spacial score (nSPS) is 31.6. The Balaban J connectivity index is 1.48. The second kappa shape index (κ2) is 5.45. The van der Waals surface area contributed by atoms with Gasteiger partial charge in [-0.1, -0.05) is 31.0 Å². The van der Waals surface area contributed by atoms with Gasteiger partial charge in [-0.05, 0) is 49.7 Å². The number of piperidine rings is 1. The number of hydrogen-bond donors (Lipinski definition) is 1. The molecule has 4 rings (SSSR count). The minimum absolute atomic E-state index is 0.0375. The van der Waals surface area contributed by atoms with Crippen molar-refractivity contribution < 1.29 is 4.79 Å². The first-order valence-electron chi connectivity index (χ1n) is 8.48. The van der Waals surface area contributed by atoms with Crippen LogP contribution in [0.3, 0.4) is 0 Å². The highest BCUT2D eigenvalue weighted by Crippen LogP contribution is 2.34. The highest BCUT2D eigenvalue weighted by Gasteiger charge is 2.37. The van der Waals surface area contributed by atoms with Gasteiger partial charge in [-0.2, -0.15) is 0 Å². The van der Waals surface area contributed by atoms with Crippen LogP contribution in [0.25, 0.3) is 0 Å². The average molecular weight is 284 g/mol. The van der Waals surface area contributed by atoms with Crippen LogP contribution in [0.5, 0.6) is 0 Å². The summed E-state index contributed by atoms with van der Waals surface area (Å²) < 4.78 is 0. The molecule has 21 heavy (non-hydrogen) atoms. The molecule has 2 heterocycles. The largest absolute Gasteiger partial charge is 0.310 e. The number of fused-ring (bicyclic) bond motifs is 2. The molecule has 1 saturated heterocycles. The number of rotatable bonds is 1. The van der Waals surface area contributed by atoms with E-state index in [0.29, 0.717) is 11.9 Å². The van der Waals surface area contributed by atoms with Crippen LogP contribution in [0.15, 0.2) is 24.3 Å². The summed E-state index contributed by atoms with van der Waals surface area (Å²) in [6.07, 6.45) is 8.54. The number of carbonyl (C=O) groups excluding carboxylic acids is 1. The van der Waals surface area contributed by atoms with Gasteiger partial charge in [0.25, 0.3) is 0 Å². The van der Waals surface area contributed by atoms with E-state index in [4.69, 9.17) is 0 Å². The lowest BCUT2D eigenvalue weighted by Crippen LogP contribution is -2.55. The van der Waals surface area contributed by atoms with Crippen molar-refractivity contribution in [2.45, 2.75) is 57.0 Å². The molecule has 3 heteroatoms. The number of anilines is 1. The Kier molecular flexibility index (Phi) is 3.46. The zero-order valence-corrected chi connectivity index (χ0v) is 12.6. The molecule has 0 spiro atoms. The van der Waals surface area contributed by atoms with Gasteiger partial charge in [-0.15, -0.1) is 0 Å². The molecule has 1 aromatic carbocycles. The molecule has 2 fully saturated rings. The first-order chi connectivity index (χ1) is 10.3. The van der Waals surface area contributed by atoms with E-state index in [1.54, 1.807) is 0 Å². The van der Waals surface area contributed by atoms with Crippen LogP contribution in [-0.2, 0) is 11.2 Å². The topological polar surface area (TPSA) is 32.3 Å². The monoisotopic (exact) mass is 284 g/mol. The molecule has 0 radical (unpaired) electrons. The molecule has 2 aliphatic heterocycles. The van der Waals surface area contributed by atoms with Crippen LogP contribution in [0.1, 0.15) is 44.1 Å². The average Bonchev–Trinajstić information content (AvgIpc) is 2.98. The van der Waals surface area contributed by atoms with Crippen LogP contribution in [0.2, 0.25) is 0 Å². The molecule has 3 unspecified atom stereocenters. The molecule has 1 N–H and O–H groups in total. The maximum atomic E-state index is 12.9. The van der Waals surface area contributed by atoms with Gasteiger partial charge in [0, 0.05) is 18.3 Å². The van der Waals surface area contributed by atoms with E-state index in [1.165, 1.54) is 37.7 Å². The molecule has 0 aromatic heterocycles. The SMILES string of the molecule is O=C(C1CCC2CCCCC2N1)N1CCc2ccccc21. The van der Waals surface area contributed by atoms with Gasteiger partial charge in [0.2, 0.25) is 5.91 Å². The first kappa shape index (κ1) is 13.3. The van der Waals surface area contributed by atoms with E-state index in [2.05, 4.69) is 23.5 Å². The minimum Gasteiger partial charge on any atom is -0.310 e. The molecule has 3 atom stereocenters. The predicted octanol–water partition coefficient (Wildman–Crippen LogP) is 2.89. The van der Waals surface area contributed by atoms with E-state index >= 15 is 0 Å². The van der Waals surface area contributed by atoms with Crippen molar-refractivity contribution in [1.82, 2.24) is 5.32 Å². The van der Waals surface area contributed by atoms with Gasteiger partial charge in [-0.3, -0.25) is 4.79 Å². The van der Waals surface area contributed by atoms with Crippen LogP contribution >= 0.6 is 0 Å². The number of para-hydroxylation sites is 1. The maximum absolute atomic E-state index is 12.9. The summed E-state index contributed by atoms with van der Waals surface area (Å²) in [6.45, 7) is 0.852. The third kappa shape index (κ3) is 2.38. The Morgan fingerprint density at radius 2 is 1.95 bits per heavy atom. The maximum Gasteiger partial charge on any atom is 0.244 e. The quantitative estimate of drug-likeness (QED) is 0.860. The molecular weight excluding hydrogens is 260 g/mol. The van der Waals surface area contributed by atoms with Crippen molar-refractivity contribution in [3.8, 4) is 0 Å². The molecule has 1 aromatic rings. The molecular formula is C18H24N2O. The highest BCUT2D eigenvalue weighted by molar-refractivity contribution is 5.99. The Morgan fingerprint density at radius 3 is 2.90 bits per heavy atom. The van der Waals surface area contributed by atoms with Crippen LogP contribution in [0.4, 0.5) is 5.69 Å². The number of nitrogens with one attached hydrogen (secondary N) is 1. The Bertz CT molecular complexity index is 542. The third-order valence-corrected chi connectivity index (χ3v) is 5.60. The van der Waals surface area contributed by atoms with Gasteiger partial charge in [0.1, 0.15) is 0 Å². The number of benzene rings is 1. The summed E-state index contributed by atoms with van der Waals surface area (Å²) >= 11 is 0. The smallest absolute Gasteiger partial charge is 0.244 e. The van der Waals surface area contributed by atoms with Crippen molar-refractivity contribution in [2.75, 3.05) is 11.4 Å². The van der Waals surface area contributed by atoms with Gasteiger partial charge >= 0.3 is 0 Å². The number of nitrogens with zero attached hydrogens (tertiary/aromatic N) is 1. The molecule has 1 amide bonds. The van der Waals surface area contributed by atoms with Gasteiger partial charge in [0.15, 0.2) is 0 Å². The fraction of sp³-hybridized carbons (Fsp3) is 0.611. The van der Waals surface area contributed by atoms with Crippen molar-refractivity contribution in [3.63, 3.8) is 0 Å². The molecule has 112 valence electrons. The minimum atomic E-state index is 0.0375. The van der Waals surface area contributed by atoms with Crippen LogP contribution < -0.4 is 10.2 Å². The summed E-state index contributed by atoms with van der Waals surface area (Å²) in [5.74, 6) is 1.11. The van der Waals surface area contributed by atoms with E-state index < -0.39 is 0 Å². The van der Waals surface area contributed by atoms with Crippen LogP contribution in [0, 0.1) is 5.92 Å². The van der Waals surface area contributed by atoms with Crippen molar-refractivity contribution in [2.24, 2.45) is 5.92 Å². The second-order valence-electron chi connectivity index (χ2n) is 6.82. The number of carbonyl (C=O) groups is 1. The van der Waals surface area contributed by atoms with Crippen molar-refractivity contribution in [1.29, 1.82) is 0 Å². The second-order valence-corrected chi connectivity index (χ2v) is 6.82. The fourth-order valence-corrected chi connectivity index (χ4v) is 4.45. The van der Waals surface area contributed by atoms with E-state index in [9.17, 15) is 4.79 Å². The molecule has 1 aliphatic carbocycles. The van der Waals surface area contributed by atoms with Gasteiger partial charge in [0.05, 0.1) is 6.04 Å². The van der Waals surface area contributed by atoms with E-state index in [-0.39, 0.29) is 6.04 Å². The number of amides is 1. The Morgan fingerprint density at radius 1 is 1.10 bits per heavy atom. The lowest BCUT2D eigenvalue weighted by molar-refractivity contribution is -0.121. The van der Waals surface area contributed by atoms with Crippen LogP contribution in [-0.4, -0.2) is 24.5 Å². The van der Waals surface area contributed by atoms with E-state index in [1.807, 2.05) is 11.0 Å². The van der Waals surface area contributed by atoms with Crippen molar-refractivity contribution in [3.05, 3.63) is 29.8 Å². The molecule has 1 saturated carbocycles. The molecule has 3 nitrogen and oxygen atoms in total. The zero-order chi connectivity index (χ0) is 14.2. The summed E-state index contributed by atoms with van der Waals surface area (Å²) in [7, 11) is 0. The summed E-state index contributed by atoms with van der Waals surface area (Å²) in [4.78, 5) is 14.9. The number of hydrogen-bond acceptors (Lipinski definition) is 2. The lowest BCUT2D eigenvalue weighted by atomic mass is 9.77. The third-order valence-electron chi connectivity index (χ3n) is 5.60. The van der Waals surface area contributed by atoms with E-state index in [0.717, 1.165) is 31.0 Å². The fourth-order valence-electron chi connectivity index (χ4n) is 4.45. The Labute approximate surface area is 126 Å². The van der Waals surface area contributed by atoms with Gasteiger partial charge < -0.3 is 10.2 Å². The summed E-state index contributed by atoms with van der Waals surface area (Å²) in [5.41, 5.74) is 2.45. The first-order valence-corrected chi connectivity index (χ1v) is 8.48.